The molecule has 0 unspecified atom stereocenters. The first kappa shape index (κ1) is 18.7. The number of benzene rings is 1. The van der Waals surface area contributed by atoms with Crippen LogP contribution in [0, 0.1) is 0 Å². The molecule has 0 aliphatic heterocycles. The lowest BCUT2D eigenvalue weighted by molar-refractivity contribution is 0.0917. The summed E-state index contributed by atoms with van der Waals surface area (Å²) in [6, 6.07) is 5.48. The zero-order chi connectivity index (χ0) is 19.6. The predicted octanol–water partition coefficient (Wildman–Crippen LogP) is 2.11. The average Bonchev–Trinajstić information content (AvgIpc) is 3.10. The number of nitrogens with zero attached hydrogens (tertiary/aromatic N) is 2. The largest absolute Gasteiger partial charge is 0.493 e. The van der Waals surface area contributed by atoms with Gasteiger partial charge < -0.3 is 25.5 Å². The molecule has 0 fully saturated rings. The number of carbonyl (C=O) groups excluding carboxylic acids is 1. The summed E-state index contributed by atoms with van der Waals surface area (Å²) in [6.45, 7) is 4.05. The van der Waals surface area contributed by atoms with Gasteiger partial charge in [-0.3, -0.25) is 4.79 Å². The monoisotopic (exact) mass is 369 g/mol. The van der Waals surface area contributed by atoms with Gasteiger partial charge in [0.25, 0.3) is 5.91 Å². The second kappa shape index (κ2) is 7.24. The van der Waals surface area contributed by atoms with Gasteiger partial charge in [-0.05, 0) is 32.0 Å². The maximum atomic E-state index is 12.6. The van der Waals surface area contributed by atoms with Gasteiger partial charge in [0.2, 0.25) is 0 Å². The number of aromatic nitrogens is 3. The Bertz CT molecular complexity index is 981. The first-order chi connectivity index (χ1) is 12.9. The van der Waals surface area contributed by atoms with Crippen molar-refractivity contribution in [3.63, 3.8) is 0 Å². The van der Waals surface area contributed by atoms with Crippen molar-refractivity contribution in [2.75, 3.05) is 20.8 Å². The van der Waals surface area contributed by atoms with Crippen LogP contribution in [0.15, 0.2) is 30.6 Å². The van der Waals surface area contributed by atoms with Crippen LogP contribution in [0.2, 0.25) is 0 Å². The zero-order valence-corrected chi connectivity index (χ0v) is 15.8. The number of hydrogen-bond donors (Lipinski definition) is 3. The van der Waals surface area contributed by atoms with E-state index in [1.54, 1.807) is 32.7 Å². The molecular formula is C19H23N5O3. The topological polar surface area (TPSA) is 115 Å². The Labute approximate surface area is 157 Å². The number of nitrogens with two attached hydrogens (primary N) is 1. The molecule has 0 bridgehead atoms. The molecule has 142 valence electrons. The number of ether oxygens (including phenoxy) is 2. The Hall–Kier alpha value is -3.13. The van der Waals surface area contributed by atoms with Crippen molar-refractivity contribution in [2.24, 2.45) is 5.73 Å². The van der Waals surface area contributed by atoms with E-state index in [0.717, 1.165) is 5.56 Å². The van der Waals surface area contributed by atoms with Gasteiger partial charge in [-0.25, -0.2) is 9.97 Å². The van der Waals surface area contributed by atoms with Crippen molar-refractivity contribution in [2.45, 2.75) is 19.4 Å². The van der Waals surface area contributed by atoms with Gasteiger partial charge in [0.15, 0.2) is 17.1 Å². The van der Waals surface area contributed by atoms with Crippen molar-refractivity contribution in [3.05, 3.63) is 36.2 Å². The number of H-pyrrole nitrogens is 1. The summed E-state index contributed by atoms with van der Waals surface area (Å²) >= 11 is 0. The normalized spacial score (nSPS) is 11.4. The standard InChI is InChI=1S/C19H23N5O3/c1-19(2,10-20)24-18(25)12-8-21-17-16(12)23-13(9-22-17)11-5-6-14(26-3)15(7-11)27-4/h5-9H,10,20H2,1-4H3,(H,21,22)(H,24,25). The van der Waals surface area contributed by atoms with Crippen LogP contribution in [-0.4, -0.2) is 47.2 Å². The average molecular weight is 369 g/mol. The SMILES string of the molecule is COc1ccc(-c2cnc3[nH]cc(C(=O)NC(C)(C)CN)c3n2)cc1OC. The van der Waals surface area contributed by atoms with Crippen LogP contribution < -0.4 is 20.5 Å². The lowest BCUT2D eigenvalue weighted by Crippen LogP contribution is -2.48. The van der Waals surface area contributed by atoms with Crippen molar-refractivity contribution < 1.29 is 14.3 Å². The minimum Gasteiger partial charge on any atom is -0.493 e. The summed E-state index contributed by atoms with van der Waals surface area (Å²) < 4.78 is 10.6. The van der Waals surface area contributed by atoms with E-state index >= 15 is 0 Å². The van der Waals surface area contributed by atoms with Crippen LogP contribution in [0.1, 0.15) is 24.2 Å². The third kappa shape index (κ3) is 3.70. The van der Waals surface area contributed by atoms with Gasteiger partial charge >= 0.3 is 0 Å². The highest BCUT2D eigenvalue weighted by atomic mass is 16.5. The van der Waals surface area contributed by atoms with Crippen LogP contribution in [0.25, 0.3) is 22.4 Å². The Balaban J connectivity index is 2.01. The number of aromatic amines is 1. The Kier molecular flexibility index (Phi) is 5.00. The van der Waals surface area contributed by atoms with E-state index in [1.807, 2.05) is 26.0 Å². The summed E-state index contributed by atoms with van der Waals surface area (Å²) in [4.78, 5) is 24.6. The Morgan fingerprint density at radius 1 is 1.26 bits per heavy atom. The van der Waals surface area contributed by atoms with Crippen molar-refractivity contribution in [1.82, 2.24) is 20.3 Å². The van der Waals surface area contributed by atoms with E-state index in [-0.39, 0.29) is 5.91 Å². The molecule has 0 radical (unpaired) electrons. The highest BCUT2D eigenvalue weighted by molar-refractivity contribution is 6.05. The fourth-order valence-electron chi connectivity index (χ4n) is 2.62. The molecule has 0 atom stereocenters. The molecule has 27 heavy (non-hydrogen) atoms. The molecule has 1 aromatic carbocycles. The van der Waals surface area contributed by atoms with Gasteiger partial charge in [0.1, 0.15) is 5.52 Å². The highest BCUT2D eigenvalue weighted by Crippen LogP contribution is 2.32. The van der Waals surface area contributed by atoms with Gasteiger partial charge in [-0.1, -0.05) is 0 Å². The van der Waals surface area contributed by atoms with Gasteiger partial charge in [-0.15, -0.1) is 0 Å². The maximum Gasteiger partial charge on any atom is 0.255 e. The molecule has 0 aliphatic carbocycles. The first-order valence-electron chi connectivity index (χ1n) is 8.47. The number of carbonyl (C=O) groups is 1. The molecule has 2 aromatic heterocycles. The fourth-order valence-corrected chi connectivity index (χ4v) is 2.62. The summed E-state index contributed by atoms with van der Waals surface area (Å²) in [7, 11) is 3.15. The van der Waals surface area contributed by atoms with E-state index in [0.29, 0.717) is 40.5 Å². The molecule has 4 N–H and O–H groups in total. The molecule has 0 saturated heterocycles. The van der Waals surface area contributed by atoms with Crippen LogP contribution in [-0.2, 0) is 0 Å². The maximum absolute atomic E-state index is 12.6. The number of rotatable bonds is 6. The second-order valence-electron chi connectivity index (χ2n) is 6.77. The van der Waals surface area contributed by atoms with Crippen LogP contribution in [0.3, 0.4) is 0 Å². The first-order valence-corrected chi connectivity index (χ1v) is 8.47. The molecule has 0 saturated carbocycles. The van der Waals surface area contributed by atoms with E-state index in [4.69, 9.17) is 15.2 Å². The third-order valence-corrected chi connectivity index (χ3v) is 4.27. The molecule has 1 amide bonds. The summed E-state index contributed by atoms with van der Waals surface area (Å²) in [6.07, 6.45) is 3.25. The van der Waals surface area contributed by atoms with Crippen molar-refractivity contribution in [1.29, 1.82) is 0 Å². The van der Waals surface area contributed by atoms with Crippen LogP contribution in [0.4, 0.5) is 0 Å². The minimum absolute atomic E-state index is 0.254. The second-order valence-corrected chi connectivity index (χ2v) is 6.77. The molecule has 0 spiro atoms. The van der Waals surface area contributed by atoms with Gasteiger partial charge in [0.05, 0.1) is 31.7 Å². The van der Waals surface area contributed by atoms with Crippen molar-refractivity contribution >= 4 is 17.1 Å². The van der Waals surface area contributed by atoms with E-state index in [1.165, 1.54) is 0 Å². The quantitative estimate of drug-likeness (QED) is 0.613. The summed E-state index contributed by atoms with van der Waals surface area (Å²) in [5.74, 6) is 0.963. The smallest absolute Gasteiger partial charge is 0.255 e. The molecule has 3 rings (SSSR count). The molecular weight excluding hydrogens is 346 g/mol. The van der Waals surface area contributed by atoms with Gasteiger partial charge in [-0.2, -0.15) is 0 Å². The van der Waals surface area contributed by atoms with Gasteiger partial charge in [0, 0.05) is 23.8 Å². The Morgan fingerprint density at radius 2 is 2.00 bits per heavy atom. The lowest BCUT2D eigenvalue weighted by atomic mass is 10.1. The number of methoxy groups -OCH3 is 2. The molecule has 0 aliphatic rings. The molecule has 8 heteroatoms. The molecule has 8 nitrogen and oxygen atoms in total. The van der Waals surface area contributed by atoms with E-state index in [9.17, 15) is 4.79 Å². The highest BCUT2D eigenvalue weighted by Gasteiger charge is 2.22. The molecule has 3 aromatic rings. The summed E-state index contributed by atoms with van der Waals surface area (Å²) in [5.41, 5.74) is 8.05. The van der Waals surface area contributed by atoms with Crippen LogP contribution >= 0.6 is 0 Å². The predicted molar refractivity (Wildman–Crippen MR) is 103 cm³/mol. The van der Waals surface area contributed by atoms with Crippen LogP contribution in [0.5, 0.6) is 11.5 Å². The Morgan fingerprint density at radius 3 is 2.67 bits per heavy atom. The minimum atomic E-state index is -0.519. The van der Waals surface area contributed by atoms with Crippen molar-refractivity contribution in [3.8, 4) is 22.8 Å². The number of fused-ring (bicyclic) bond motifs is 1. The fraction of sp³-hybridized carbons (Fsp3) is 0.316. The summed E-state index contributed by atoms with van der Waals surface area (Å²) in [5, 5.41) is 2.90. The number of amides is 1. The molecule has 2 heterocycles. The van der Waals surface area contributed by atoms with E-state index < -0.39 is 5.54 Å². The number of nitrogens with one attached hydrogen (secondary N) is 2. The zero-order valence-electron chi connectivity index (χ0n) is 15.8. The number of hydrogen-bond acceptors (Lipinski definition) is 6. The van der Waals surface area contributed by atoms with E-state index in [2.05, 4.69) is 20.3 Å². The third-order valence-electron chi connectivity index (χ3n) is 4.27. The lowest BCUT2D eigenvalue weighted by Gasteiger charge is -2.23.